The maximum Gasteiger partial charge on any atom is 0.255 e. The first-order valence-electron chi connectivity index (χ1n) is 5.51. The minimum absolute atomic E-state index is 0.0321. The second kappa shape index (κ2) is 6.04. The van der Waals surface area contributed by atoms with Crippen molar-refractivity contribution in [3.63, 3.8) is 0 Å². The number of benzene rings is 2. The van der Waals surface area contributed by atoms with Gasteiger partial charge in [0.1, 0.15) is 5.82 Å². The zero-order valence-electron chi connectivity index (χ0n) is 9.79. The Morgan fingerprint density at radius 2 is 1.84 bits per heavy atom. The lowest BCUT2D eigenvalue weighted by atomic mass is 10.1. The number of carbonyl (C=O) groups excluding carboxylic acids is 1. The van der Waals surface area contributed by atoms with Gasteiger partial charge in [-0.15, -0.1) is 11.6 Å². The molecule has 2 aromatic rings. The maximum absolute atomic E-state index is 13.0. The lowest BCUT2D eigenvalue weighted by Crippen LogP contribution is -2.11. The lowest BCUT2D eigenvalue weighted by Gasteiger charge is -2.06. The quantitative estimate of drug-likeness (QED) is 0.832. The number of halogens is 3. The molecule has 0 saturated carbocycles. The van der Waals surface area contributed by atoms with Gasteiger partial charge in [0, 0.05) is 17.1 Å². The summed E-state index contributed by atoms with van der Waals surface area (Å²) in [4.78, 5) is 11.9. The molecule has 0 heterocycles. The van der Waals surface area contributed by atoms with Gasteiger partial charge in [-0.25, -0.2) is 4.39 Å². The average Bonchev–Trinajstić information content (AvgIpc) is 2.43. The third-order valence-electron chi connectivity index (χ3n) is 2.55. The molecule has 0 aliphatic carbocycles. The van der Waals surface area contributed by atoms with Crippen LogP contribution in [0, 0.1) is 5.82 Å². The predicted molar refractivity (Wildman–Crippen MR) is 75.4 cm³/mol. The number of hydrogen-bond acceptors (Lipinski definition) is 1. The van der Waals surface area contributed by atoms with Crippen molar-refractivity contribution in [3.8, 4) is 0 Å². The van der Waals surface area contributed by atoms with E-state index in [1.54, 1.807) is 24.3 Å². The molecule has 0 spiro atoms. The fourth-order valence-corrected chi connectivity index (χ4v) is 1.88. The summed E-state index contributed by atoms with van der Waals surface area (Å²) in [5.74, 6) is -0.412. The molecule has 0 fully saturated rings. The number of alkyl halides is 1. The van der Waals surface area contributed by atoms with Crippen LogP contribution in [0.1, 0.15) is 15.9 Å². The second-order valence-corrected chi connectivity index (χ2v) is 4.59. The topological polar surface area (TPSA) is 29.1 Å². The summed E-state index contributed by atoms with van der Waals surface area (Å²) in [6.45, 7) is 0. The molecular weight excluding hydrogens is 288 g/mol. The summed E-state index contributed by atoms with van der Waals surface area (Å²) in [5.41, 5.74) is 1.87. The van der Waals surface area contributed by atoms with Crippen molar-refractivity contribution < 1.29 is 9.18 Å². The highest BCUT2D eigenvalue weighted by Crippen LogP contribution is 2.20. The van der Waals surface area contributed by atoms with Crippen molar-refractivity contribution in [1.29, 1.82) is 0 Å². The van der Waals surface area contributed by atoms with Gasteiger partial charge in [-0.05, 0) is 35.9 Å². The van der Waals surface area contributed by atoms with Crippen molar-refractivity contribution in [1.82, 2.24) is 0 Å². The molecule has 1 amide bonds. The van der Waals surface area contributed by atoms with Gasteiger partial charge in [-0.1, -0.05) is 23.7 Å². The van der Waals surface area contributed by atoms with E-state index in [1.807, 2.05) is 0 Å². The van der Waals surface area contributed by atoms with E-state index < -0.39 is 5.82 Å². The summed E-state index contributed by atoms with van der Waals surface area (Å²) >= 11 is 11.3. The van der Waals surface area contributed by atoms with Crippen LogP contribution in [-0.4, -0.2) is 5.91 Å². The Labute approximate surface area is 120 Å². The zero-order valence-corrected chi connectivity index (χ0v) is 11.3. The fourth-order valence-electron chi connectivity index (χ4n) is 1.52. The van der Waals surface area contributed by atoms with E-state index in [-0.39, 0.29) is 10.9 Å². The van der Waals surface area contributed by atoms with Gasteiger partial charge in [0.2, 0.25) is 0 Å². The molecule has 0 atom stereocenters. The van der Waals surface area contributed by atoms with E-state index in [0.29, 0.717) is 17.1 Å². The molecule has 0 bridgehead atoms. The SMILES string of the molecule is O=C(Nc1ccc(F)c(Cl)c1)c1ccc(CCl)cc1. The zero-order chi connectivity index (χ0) is 13.8. The number of rotatable bonds is 3. The first-order chi connectivity index (χ1) is 9.10. The van der Waals surface area contributed by atoms with E-state index in [1.165, 1.54) is 18.2 Å². The number of hydrogen-bond donors (Lipinski definition) is 1. The monoisotopic (exact) mass is 297 g/mol. The highest BCUT2D eigenvalue weighted by molar-refractivity contribution is 6.31. The molecule has 19 heavy (non-hydrogen) atoms. The van der Waals surface area contributed by atoms with Gasteiger partial charge in [-0.3, -0.25) is 4.79 Å². The van der Waals surface area contributed by atoms with Gasteiger partial charge in [0.25, 0.3) is 5.91 Å². The van der Waals surface area contributed by atoms with Crippen molar-refractivity contribution >= 4 is 34.8 Å². The first kappa shape index (κ1) is 13.8. The van der Waals surface area contributed by atoms with E-state index >= 15 is 0 Å². The molecule has 2 nitrogen and oxygen atoms in total. The molecule has 5 heteroatoms. The molecule has 0 saturated heterocycles. The van der Waals surface area contributed by atoms with Gasteiger partial charge >= 0.3 is 0 Å². The molecule has 1 N–H and O–H groups in total. The summed E-state index contributed by atoms with van der Waals surface area (Å²) in [6, 6.07) is 10.9. The Balaban J connectivity index is 2.13. The van der Waals surface area contributed by atoms with Crippen LogP contribution < -0.4 is 5.32 Å². The van der Waals surface area contributed by atoms with E-state index in [2.05, 4.69) is 5.32 Å². The maximum atomic E-state index is 13.0. The third kappa shape index (κ3) is 3.46. The van der Waals surface area contributed by atoms with E-state index in [9.17, 15) is 9.18 Å². The standard InChI is InChI=1S/C14H10Cl2FNO/c15-8-9-1-3-10(4-2-9)14(19)18-11-5-6-13(17)12(16)7-11/h1-7H,8H2,(H,18,19). The Morgan fingerprint density at radius 1 is 1.16 bits per heavy atom. The van der Waals surface area contributed by atoms with Crippen LogP contribution in [0.25, 0.3) is 0 Å². The Bertz CT molecular complexity index is 599. The Kier molecular flexibility index (Phi) is 4.40. The average molecular weight is 298 g/mol. The highest BCUT2D eigenvalue weighted by atomic mass is 35.5. The number of carbonyl (C=O) groups is 1. The molecule has 98 valence electrons. The molecular formula is C14H10Cl2FNO. The summed E-state index contributed by atoms with van der Waals surface area (Å²) in [6.07, 6.45) is 0. The molecule has 2 aromatic carbocycles. The van der Waals surface area contributed by atoms with Gasteiger partial charge < -0.3 is 5.32 Å². The van der Waals surface area contributed by atoms with Crippen molar-refractivity contribution in [2.75, 3.05) is 5.32 Å². The third-order valence-corrected chi connectivity index (χ3v) is 3.15. The predicted octanol–water partition coefficient (Wildman–Crippen LogP) is 4.47. The van der Waals surface area contributed by atoms with Crippen LogP contribution in [0.4, 0.5) is 10.1 Å². The van der Waals surface area contributed by atoms with Crippen LogP contribution >= 0.6 is 23.2 Å². The van der Waals surface area contributed by atoms with Crippen molar-refractivity contribution in [3.05, 3.63) is 64.4 Å². The molecule has 0 radical (unpaired) electrons. The number of nitrogens with one attached hydrogen (secondary N) is 1. The Hall–Kier alpha value is -1.58. The summed E-state index contributed by atoms with van der Waals surface area (Å²) in [5, 5.41) is 2.61. The first-order valence-corrected chi connectivity index (χ1v) is 6.42. The lowest BCUT2D eigenvalue weighted by molar-refractivity contribution is 0.102. The van der Waals surface area contributed by atoms with Crippen LogP contribution in [0.15, 0.2) is 42.5 Å². The number of anilines is 1. The van der Waals surface area contributed by atoms with Crippen molar-refractivity contribution in [2.45, 2.75) is 5.88 Å². The highest BCUT2D eigenvalue weighted by Gasteiger charge is 2.07. The van der Waals surface area contributed by atoms with Gasteiger partial charge in [0.05, 0.1) is 5.02 Å². The van der Waals surface area contributed by atoms with Gasteiger partial charge in [-0.2, -0.15) is 0 Å². The van der Waals surface area contributed by atoms with E-state index in [4.69, 9.17) is 23.2 Å². The molecule has 0 aromatic heterocycles. The molecule has 0 aliphatic rings. The summed E-state index contributed by atoms with van der Waals surface area (Å²) in [7, 11) is 0. The minimum Gasteiger partial charge on any atom is -0.322 e. The van der Waals surface area contributed by atoms with Crippen LogP contribution in [-0.2, 0) is 5.88 Å². The largest absolute Gasteiger partial charge is 0.322 e. The molecule has 0 aliphatic heterocycles. The van der Waals surface area contributed by atoms with Crippen molar-refractivity contribution in [2.24, 2.45) is 0 Å². The van der Waals surface area contributed by atoms with Crippen LogP contribution in [0.5, 0.6) is 0 Å². The molecule has 2 rings (SSSR count). The van der Waals surface area contributed by atoms with E-state index in [0.717, 1.165) is 5.56 Å². The van der Waals surface area contributed by atoms with Crippen LogP contribution in [0.2, 0.25) is 5.02 Å². The van der Waals surface area contributed by atoms with Gasteiger partial charge in [0.15, 0.2) is 0 Å². The van der Waals surface area contributed by atoms with Crippen LogP contribution in [0.3, 0.4) is 0 Å². The summed E-state index contributed by atoms with van der Waals surface area (Å²) < 4.78 is 13.0. The fraction of sp³-hybridized carbons (Fsp3) is 0.0714. The smallest absolute Gasteiger partial charge is 0.255 e. The molecule has 0 unspecified atom stereocenters. The second-order valence-electron chi connectivity index (χ2n) is 3.91. The number of amides is 1. The Morgan fingerprint density at radius 3 is 2.42 bits per heavy atom. The normalized spacial score (nSPS) is 10.3. The minimum atomic E-state index is -0.522.